The van der Waals surface area contributed by atoms with E-state index in [2.05, 4.69) is 15.5 Å². The van der Waals surface area contributed by atoms with Gasteiger partial charge in [-0.25, -0.2) is 9.37 Å². The summed E-state index contributed by atoms with van der Waals surface area (Å²) < 4.78 is 1.82. The number of fused-ring (bicyclic) bond motifs is 1. The lowest BCUT2D eigenvalue weighted by molar-refractivity contribution is -0.553. The Morgan fingerprint density at radius 2 is 1.77 bits per heavy atom. The number of nitrogens with zero attached hydrogens (tertiary/aromatic N) is 5. The van der Waals surface area contributed by atoms with Crippen LogP contribution in [0.3, 0.4) is 0 Å². The summed E-state index contributed by atoms with van der Waals surface area (Å²) in [6.45, 7) is 2.29. The molecule has 2 aliphatic rings. The summed E-state index contributed by atoms with van der Waals surface area (Å²) in [5, 5.41) is 5.10. The first-order valence-electron chi connectivity index (χ1n) is 9.74. The van der Waals surface area contributed by atoms with E-state index in [-0.39, 0.29) is 5.91 Å². The molecular weight excluding hydrogens is 416 g/mol. The topological polar surface area (TPSA) is 80.4 Å². The maximum Gasteiger partial charge on any atom is 0.414 e. The molecule has 1 saturated heterocycles. The van der Waals surface area contributed by atoms with E-state index in [1.54, 1.807) is 19.2 Å². The van der Waals surface area contributed by atoms with Crippen LogP contribution in [0.5, 0.6) is 0 Å². The summed E-state index contributed by atoms with van der Waals surface area (Å²) in [6, 6.07) is 16.0. The van der Waals surface area contributed by atoms with Gasteiger partial charge in [-0.05, 0) is 30.2 Å². The Morgan fingerprint density at radius 3 is 2.45 bits per heavy atom. The summed E-state index contributed by atoms with van der Waals surface area (Å²) >= 11 is 5.96. The maximum atomic E-state index is 13.0. The van der Waals surface area contributed by atoms with Gasteiger partial charge in [0.15, 0.2) is 0 Å². The van der Waals surface area contributed by atoms with Gasteiger partial charge in [-0.2, -0.15) is 5.43 Å². The number of hydrogen-bond acceptors (Lipinski definition) is 5. The van der Waals surface area contributed by atoms with Crippen LogP contribution in [0.2, 0.25) is 5.02 Å². The van der Waals surface area contributed by atoms with Crippen LogP contribution in [0.4, 0.5) is 4.79 Å². The molecule has 1 N–H and O–H groups in total. The highest BCUT2D eigenvalue weighted by atomic mass is 35.5. The highest BCUT2D eigenvalue weighted by Crippen LogP contribution is 2.20. The molecule has 1 atom stereocenters. The third kappa shape index (κ3) is 3.94. The van der Waals surface area contributed by atoms with Crippen molar-refractivity contribution in [3.63, 3.8) is 0 Å². The van der Waals surface area contributed by atoms with Crippen LogP contribution < -0.4 is 5.43 Å². The molecule has 1 fully saturated rings. The molecule has 2 aliphatic heterocycles. The monoisotopic (exact) mass is 437 g/mol. The number of carbonyl (C=O) groups excluding carboxylic acids is 2. The van der Waals surface area contributed by atoms with Crippen LogP contribution >= 0.6 is 11.6 Å². The molecule has 0 radical (unpaired) electrons. The molecule has 158 valence electrons. The van der Waals surface area contributed by atoms with E-state index in [1.165, 1.54) is 11.9 Å². The van der Waals surface area contributed by atoms with E-state index < -0.39 is 12.1 Å². The minimum atomic E-state index is -0.707. The molecule has 2 aromatic rings. The molecule has 31 heavy (non-hydrogen) atoms. The van der Waals surface area contributed by atoms with Crippen molar-refractivity contribution in [2.24, 2.45) is 10.1 Å². The Labute approximate surface area is 185 Å². The van der Waals surface area contributed by atoms with Crippen LogP contribution in [0.1, 0.15) is 18.1 Å². The summed E-state index contributed by atoms with van der Waals surface area (Å²) in [6.07, 6.45) is 0. The van der Waals surface area contributed by atoms with Crippen molar-refractivity contribution < 1.29 is 14.2 Å². The lowest BCUT2D eigenvalue weighted by Gasteiger charge is -2.31. The van der Waals surface area contributed by atoms with E-state index in [0.717, 1.165) is 21.7 Å². The van der Waals surface area contributed by atoms with Crippen molar-refractivity contribution in [3.05, 3.63) is 70.7 Å². The summed E-state index contributed by atoms with van der Waals surface area (Å²) in [7, 11) is 3.09. The number of benzene rings is 2. The number of hydrogen-bond donors (Lipinski definition) is 1. The zero-order chi connectivity index (χ0) is 22.1. The van der Waals surface area contributed by atoms with E-state index in [9.17, 15) is 9.59 Å². The van der Waals surface area contributed by atoms with Crippen molar-refractivity contribution in [3.8, 4) is 0 Å². The molecule has 8 nitrogen and oxygen atoms in total. The molecule has 0 bridgehead atoms. The number of rotatable bonds is 4. The molecule has 0 saturated carbocycles. The van der Waals surface area contributed by atoms with Gasteiger partial charge in [0.25, 0.3) is 5.91 Å². The average molecular weight is 438 g/mol. The zero-order valence-corrected chi connectivity index (χ0v) is 18.2. The van der Waals surface area contributed by atoms with Crippen molar-refractivity contribution in [1.29, 1.82) is 0 Å². The number of likely N-dealkylation sites (N-methyl/N-ethyl adjacent to an activating group) is 2. The van der Waals surface area contributed by atoms with E-state index in [4.69, 9.17) is 11.6 Å². The predicted molar refractivity (Wildman–Crippen MR) is 119 cm³/mol. The van der Waals surface area contributed by atoms with E-state index in [0.29, 0.717) is 23.4 Å². The highest BCUT2D eigenvalue weighted by molar-refractivity contribution is 6.30. The molecule has 0 spiro atoms. The fourth-order valence-corrected chi connectivity index (χ4v) is 3.65. The second kappa shape index (κ2) is 8.31. The van der Waals surface area contributed by atoms with Crippen LogP contribution in [-0.2, 0) is 11.3 Å². The van der Waals surface area contributed by atoms with Crippen LogP contribution in [0, 0.1) is 0 Å². The normalized spacial score (nSPS) is 19.0. The SMILES string of the molecule is C/C(=N/NC1=[N+](Cc2ccccc2)C2C(=O)N(C)C(=O)N(C)C2=N1)c1ccc(Cl)cc1. The Balaban J connectivity index is 1.70. The number of urea groups is 1. The first-order valence-corrected chi connectivity index (χ1v) is 10.1. The molecule has 2 heterocycles. The third-order valence-corrected chi connectivity index (χ3v) is 5.56. The Hall–Kier alpha value is -3.52. The Bertz CT molecular complexity index is 1120. The summed E-state index contributed by atoms with van der Waals surface area (Å²) in [4.78, 5) is 32.4. The zero-order valence-electron chi connectivity index (χ0n) is 17.4. The highest BCUT2D eigenvalue weighted by Gasteiger charge is 2.51. The molecular formula is C22H22ClN6O2+. The first-order chi connectivity index (χ1) is 14.9. The molecule has 0 aliphatic carbocycles. The van der Waals surface area contributed by atoms with Crippen molar-refractivity contribution in [2.75, 3.05) is 14.1 Å². The summed E-state index contributed by atoms with van der Waals surface area (Å²) in [5.74, 6) is 0.458. The van der Waals surface area contributed by atoms with Gasteiger partial charge in [0, 0.05) is 19.1 Å². The molecule has 3 amide bonds. The minimum Gasteiger partial charge on any atom is -0.270 e. The lowest BCUT2D eigenvalue weighted by Crippen LogP contribution is -2.61. The van der Waals surface area contributed by atoms with E-state index in [1.807, 2.05) is 54.0 Å². The quantitative estimate of drug-likeness (QED) is 0.453. The fraction of sp³-hybridized carbons (Fsp3) is 0.227. The fourth-order valence-electron chi connectivity index (χ4n) is 3.52. The predicted octanol–water partition coefficient (Wildman–Crippen LogP) is 2.53. The average Bonchev–Trinajstić information content (AvgIpc) is 3.14. The van der Waals surface area contributed by atoms with Crippen LogP contribution in [0.25, 0.3) is 0 Å². The molecule has 0 aromatic heterocycles. The van der Waals surface area contributed by atoms with Gasteiger partial charge in [0.2, 0.25) is 11.9 Å². The molecule has 9 heteroatoms. The maximum absolute atomic E-state index is 13.0. The number of halogens is 1. The van der Waals surface area contributed by atoms with Gasteiger partial charge < -0.3 is 0 Å². The van der Waals surface area contributed by atoms with Gasteiger partial charge >= 0.3 is 12.0 Å². The number of guanidine groups is 1. The smallest absolute Gasteiger partial charge is 0.270 e. The number of aliphatic imine (C=N–C) groups is 1. The number of nitrogens with one attached hydrogen (secondary N) is 1. The van der Waals surface area contributed by atoms with E-state index >= 15 is 0 Å². The molecule has 4 rings (SSSR count). The number of carbonyl (C=O) groups is 2. The number of amides is 3. The summed E-state index contributed by atoms with van der Waals surface area (Å²) in [5.41, 5.74) is 5.63. The van der Waals surface area contributed by atoms with Gasteiger partial charge in [-0.15, -0.1) is 5.10 Å². The van der Waals surface area contributed by atoms with Crippen LogP contribution in [0.15, 0.2) is 64.7 Å². The largest absolute Gasteiger partial charge is 0.414 e. The van der Waals surface area contributed by atoms with Crippen molar-refractivity contribution in [1.82, 2.24) is 15.2 Å². The molecule has 1 unspecified atom stereocenters. The first kappa shape index (κ1) is 20.7. The third-order valence-electron chi connectivity index (χ3n) is 5.31. The van der Waals surface area contributed by atoms with Crippen molar-refractivity contribution in [2.45, 2.75) is 19.5 Å². The van der Waals surface area contributed by atoms with Gasteiger partial charge in [-0.3, -0.25) is 14.6 Å². The number of amidine groups is 1. The van der Waals surface area contributed by atoms with Crippen molar-refractivity contribution >= 4 is 41.0 Å². The minimum absolute atomic E-state index is 0.326. The standard InChI is InChI=1S/C22H21ClN6O2/c1-14(16-9-11-17(23)12-10-16)25-26-21-24-19-18(20(30)28(3)22(31)27(19)2)29(21)13-15-7-5-4-6-8-15/h4-12,18H,13H2,1-3H3/p+1/b25-14-. The second-order valence-electron chi connectivity index (χ2n) is 7.36. The number of hydrazone groups is 1. The second-order valence-corrected chi connectivity index (χ2v) is 7.80. The molecule has 2 aromatic carbocycles. The Kier molecular flexibility index (Phi) is 5.56. The van der Waals surface area contributed by atoms with Gasteiger partial charge in [0.05, 0.1) is 12.3 Å². The lowest BCUT2D eigenvalue weighted by atomic mass is 10.1. The van der Waals surface area contributed by atoms with Gasteiger partial charge in [-0.1, -0.05) is 59.1 Å². The Morgan fingerprint density at radius 1 is 1.10 bits per heavy atom. The van der Waals surface area contributed by atoms with Gasteiger partial charge in [0.1, 0.15) is 0 Å². The number of imide groups is 1. The van der Waals surface area contributed by atoms with Crippen LogP contribution in [-0.4, -0.2) is 64.0 Å².